The van der Waals surface area contributed by atoms with E-state index in [4.69, 9.17) is 18.3 Å². The van der Waals surface area contributed by atoms with Crippen LogP contribution in [0.25, 0.3) is 21.9 Å². The van der Waals surface area contributed by atoms with Crippen molar-refractivity contribution in [1.29, 1.82) is 0 Å². The second kappa shape index (κ2) is 11.4. The number of fused-ring (bicyclic) bond motifs is 2. The lowest BCUT2D eigenvalue weighted by Crippen LogP contribution is -2.39. The van der Waals surface area contributed by atoms with Gasteiger partial charge >= 0.3 is 11.6 Å². The smallest absolute Gasteiger partial charge is 0.336 e. The number of carbonyl (C=O) groups is 1. The third-order valence-electron chi connectivity index (χ3n) is 5.82. The zero-order chi connectivity index (χ0) is 24.7. The molecular weight excluding hydrogens is 436 g/mol. The van der Waals surface area contributed by atoms with Gasteiger partial charge in [0, 0.05) is 18.6 Å². The number of ether oxygens (including phenoxy) is 2. The molecule has 3 rings (SSSR count). The van der Waals surface area contributed by atoms with Crippen LogP contribution in [0.1, 0.15) is 66.2 Å². The molecule has 0 aliphatic rings. The molecule has 0 saturated carbocycles. The van der Waals surface area contributed by atoms with Gasteiger partial charge < -0.3 is 23.4 Å². The van der Waals surface area contributed by atoms with Gasteiger partial charge in [-0.1, -0.05) is 25.3 Å². The summed E-state index contributed by atoms with van der Waals surface area (Å²) >= 11 is 0. The van der Waals surface area contributed by atoms with Crippen LogP contribution in [0.3, 0.4) is 0 Å². The number of allylic oxidation sites excluding steroid dienone is 1. The normalized spacial score (nSPS) is 13.4. The summed E-state index contributed by atoms with van der Waals surface area (Å²) < 4.78 is 22.4. The van der Waals surface area contributed by atoms with Gasteiger partial charge in [-0.05, 0) is 58.2 Å². The molecule has 2 aromatic heterocycles. The highest BCUT2D eigenvalue weighted by Gasteiger charge is 2.30. The molecule has 7 heteroatoms. The van der Waals surface area contributed by atoms with Crippen LogP contribution >= 0.6 is 0 Å². The minimum Gasteiger partial charge on any atom is -0.488 e. The highest BCUT2D eigenvalue weighted by atomic mass is 16.6. The Bertz CT molecular complexity index is 1190. The van der Waals surface area contributed by atoms with Crippen LogP contribution in [0.5, 0.6) is 5.75 Å². The molecule has 0 spiro atoms. The first-order valence-electron chi connectivity index (χ1n) is 11.8. The predicted molar refractivity (Wildman–Crippen MR) is 131 cm³/mol. The summed E-state index contributed by atoms with van der Waals surface area (Å²) in [7, 11) is 0. The first-order valence-corrected chi connectivity index (χ1v) is 11.8. The Kier molecular flexibility index (Phi) is 8.56. The van der Waals surface area contributed by atoms with Crippen molar-refractivity contribution in [3.05, 3.63) is 52.6 Å². The third kappa shape index (κ3) is 6.73. The fraction of sp³-hybridized carbons (Fsp3) is 0.481. The van der Waals surface area contributed by atoms with Crippen LogP contribution in [0.4, 0.5) is 0 Å². The van der Waals surface area contributed by atoms with Gasteiger partial charge in [0.05, 0.1) is 22.6 Å². The lowest BCUT2D eigenvalue weighted by molar-refractivity contribution is -0.162. The fourth-order valence-electron chi connectivity index (χ4n) is 3.79. The summed E-state index contributed by atoms with van der Waals surface area (Å²) in [6, 6.07) is 6.54. The average Bonchev–Trinajstić information content (AvgIpc) is 3.23. The van der Waals surface area contributed by atoms with Gasteiger partial charge in [-0.2, -0.15) is 0 Å². The second-order valence-electron chi connectivity index (χ2n) is 9.19. The molecule has 0 aliphatic carbocycles. The van der Waals surface area contributed by atoms with Crippen molar-refractivity contribution >= 4 is 27.9 Å². The van der Waals surface area contributed by atoms with Crippen LogP contribution in [-0.2, 0) is 9.53 Å². The number of aliphatic hydroxyl groups is 1. The molecule has 0 fully saturated rings. The number of esters is 1. The van der Waals surface area contributed by atoms with E-state index in [1.807, 2.05) is 19.1 Å². The summed E-state index contributed by atoms with van der Waals surface area (Å²) in [5, 5.41) is 12.0. The lowest BCUT2D eigenvalue weighted by atomic mass is 9.95. The van der Waals surface area contributed by atoms with E-state index in [1.54, 1.807) is 32.2 Å². The van der Waals surface area contributed by atoms with Gasteiger partial charge in [0.1, 0.15) is 29.6 Å². The van der Waals surface area contributed by atoms with Crippen LogP contribution in [0.2, 0.25) is 0 Å². The van der Waals surface area contributed by atoms with Gasteiger partial charge in [-0.15, -0.1) is 0 Å². The Morgan fingerprint density at radius 1 is 1.15 bits per heavy atom. The molecule has 184 valence electrons. The van der Waals surface area contributed by atoms with Crippen LogP contribution in [0.15, 0.2) is 55.8 Å². The molecule has 0 aliphatic heterocycles. The molecule has 1 atom stereocenters. The van der Waals surface area contributed by atoms with E-state index in [0.29, 0.717) is 48.2 Å². The van der Waals surface area contributed by atoms with Crippen molar-refractivity contribution in [2.24, 2.45) is 0 Å². The van der Waals surface area contributed by atoms with E-state index in [2.05, 4.69) is 6.92 Å². The minimum absolute atomic E-state index is 0.266. The Hall–Kier alpha value is -3.06. The predicted octanol–water partition coefficient (Wildman–Crippen LogP) is 5.91. The largest absolute Gasteiger partial charge is 0.488 e. The van der Waals surface area contributed by atoms with Gasteiger partial charge in [0.25, 0.3) is 0 Å². The van der Waals surface area contributed by atoms with Gasteiger partial charge in [0.2, 0.25) is 0 Å². The van der Waals surface area contributed by atoms with Gasteiger partial charge in [-0.25, -0.2) is 4.79 Å². The number of unbranched alkanes of at least 4 members (excludes halogenated alkanes) is 2. The van der Waals surface area contributed by atoms with Crippen LogP contribution in [-0.4, -0.2) is 29.4 Å². The molecular formula is C27H34O7. The van der Waals surface area contributed by atoms with Crippen LogP contribution < -0.4 is 10.4 Å². The highest BCUT2D eigenvalue weighted by molar-refractivity contribution is 6.01. The van der Waals surface area contributed by atoms with Crippen molar-refractivity contribution < 1.29 is 28.2 Å². The van der Waals surface area contributed by atoms with Crippen molar-refractivity contribution in [2.75, 3.05) is 6.61 Å². The number of furan rings is 1. The van der Waals surface area contributed by atoms with E-state index in [1.165, 1.54) is 6.07 Å². The Morgan fingerprint density at radius 3 is 2.65 bits per heavy atom. The quantitative estimate of drug-likeness (QED) is 0.152. The average molecular weight is 471 g/mol. The molecule has 3 aromatic rings. The molecule has 2 heterocycles. The maximum Gasteiger partial charge on any atom is 0.336 e. The highest BCUT2D eigenvalue weighted by Crippen LogP contribution is 2.35. The summed E-state index contributed by atoms with van der Waals surface area (Å²) in [6.45, 7) is 7.68. The standard InChI is InChI=1S/C27H34O7/c1-5-6-7-8-24(28)34-23(27(3,4)30)11-9-18(2)13-15-32-26-19-10-12-25(29)33-22(19)17-21-20(26)14-16-31-21/h10,12-14,16-17,23,30H,5-9,11,15H2,1-4H3/b18-13+/t23-/m1/s1. The molecule has 0 bridgehead atoms. The second-order valence-corrected chi connectivity index (χ2v) is 9.19. The van der Waals surface area contributed by atoms with E-state index >= 15 is 0 Å². The summed E-state index contributed by atoms with van der Waals surface area (Å²) in [6.07, 6.45) is 7.28. The maximum absolute atomic E-state index is 12.2. The van der Waals surface area contributed by atoms with Crippen molar-refractivity contribution in [3.63, 3.8) is 0 Å². The SMILES string of the molecule is CCCCCC(=O)O[C@H](CC/C(C)=C/COc1c2ccoc2cc2oc(=O)ccc12)C(C)(C)O. The van der Waals surface area contributed by atoms with Crippen LogP contribution in [0, 0.1) is 0 Å². The monoisotopic (exact) mass is 470 g/mol. The summed E-state index contributed by atoms with van der Waals surface area (Å²) in [5.41, 5.74) is 0.460. The Morgan fingerprint density at radius 2 is 1.91 bits per heavy atom. The van der Waals surface area contributed by atoms with E-state index in [-0.39, 0.29) is 5.97 Å². The van der Waals surface area contributed by atoms with E-state index in [9.17, 15) is 14.7 Å². The van der Waals surface area contributed by atoms with Gasteiger partial charge in [-0.3, -0.25) is 4.79 Å². The molecule has 7 nitrogen and oxygen atoms in total. The molecule has 0 radical (unpaired) electrons. The van der Waals surface area contributed by atoms with Crippen molar-refractivity contribution in [2.45, 2.75) is 77.9 Å². The Labute approximate surface area is 199 Å². The number of hydrogen-bond donors (Lipinski definition) is 1. The van der Waals surface area contributed by atoms with E-state index in [0.717, 1.165) is 30.2 Å². The molecule has 34 heavy (non-hydrogen) atoms. The molecule has 1 aromatic carbocycles. The number of hydrogen-bond acceptors (Lipinski definition) is 7. The first kappa shape index (κ1) is 25.6. The first-order chi connectivity index (χ1) is 16.2. The summed E-state index contributed by atoms with van der Waals surface area (Å²) in [4.78, 5) is 23.8. The molecule has 0 amide bonds. The topological polar surface area (TPSA) is 99.1 Å². The molecule has 0 saturated heterocycles. The zero-order valence-corrected chi connectivity index (χ0v) is 20.4. The fourth-order valence-corrected chi connectivity index (χ4v) is 3.79. The zero-order valence-electron chi connectivity index (χ0n) is 20.4. The van der Waals surface area contributed by atoms with Gasteiger partial charge in [0.15, 0.2) is 0 Å². The Balaban J connectivity index is 1.63. The molecule has 0 unspecified atom stereocenters. The van der Waals surface area contributed by atoms with E-state index < -0.39 is 17.3 Å². The maximum atomic E-state index is 12.2. The number of benzene rings is 1. The summed E-state index contributed by atoms with van der Waals surface area (Å²) in [5.74, 6) is 0.321. The third-order valence-corrected chi connectivity index (χ3v) is 5.82. The number of rotatable bonds is 12. The van der Waals surface area contributed by atoms with Crippen molar-refractivity contribution in [1.82, 2.24) is 0 Å². The molecule has 1 N–H and O–H groups in total. The lowest BCUT2D eigenvalue weighted by Gasteiger charge is -2.29. The minimum atomic E-state index is -1.13. The number of carbonyl (C=O) groups excluding carboxylic acids is 1. The van der Waals surface area contributed by atoms with Crippen molar-refractivity contribution in [3.8, 4) is 5.75 Å².